The van der Waals surface area contributed by atoms with Gasteiger partial charge in [-0.25, -0.2) is 4.79 Å². The molecule has 1 heterocycles. The van der Waals surface area contributed by atoms with Gasteiger partial charge in [-0.3, -0.25) is 0 Å². The summed E-state index contributed by atoms with van der Waals surface area (Å²) in [5.74, 6) is -0.432. The fraction of sp³-hybridized carbons (Fsp3) is 0.167. The minimum Gasteiger partial charge on any atom is -0.480 e. The number of carbonyl (C=O) groups is 1. The molecule has 1 aliphatic rings. The third kappa shape index (κ3) is 2.77. The van der Waals surface area contributed by atoms with Gasteiger partial charge >= 0.3 is 5.97 Å². The number of hydrogen-bond donors (Lipinski definition) is 1. The third-order valence-corrected chi connectivity index (χ3v) is 4.44. The highest BCUT2D eigenvalue weighted by atomic mass is 35.5. The van der Waals surface area contributed by atoms with E-state index in [1.807, 2.05) is 6.07 Å². The smallest absolute Gasteiger partial charge is 0.346 e. The van der Waals surface area contributed by atoms with E-state index in [1.165, 1.54) is 7.11 Å². The summed E-state index contributed by atoms with van der Waals surface area (Å²) in [4.78, 5) is 12.4. The van der Waals surface area contributed by atoms with Gasteiger partial charge in [-0.2, -0.15) is 0 Å². The van der Waals surface area contributed by atoms with Crippen molar-refractivity contribution in [3.8, 4) is 5.75 Å². The summed E-state index contributed by atoms with van der Waals surface area (Å²) >= 11 is 12.1. The molecular weight excluding hydrogens is 351 g/mol. The van der Waals surface area contributed by atoms with Crippen LogP contribution in [0.2, 0.25) is 10.0 Å². The van der Waals surface area contributed by atoms with Crippen molar-refractivity contribution in [1.29, 1.82) is 0 Å². The highest BCUT2D eigenvalue weighted by Crippen LogP contribution is 2.39. The summed E-state index contributed by atoms with van der Waals surface area (Å²) in [5, 5.41) is 12.0. The number of hydrogen-bond acceptors (Lipinski definition) is 4. The number of methoxy groups -OCH3 is 1. The molecule has 3 rings (SSSR count). The van der Waals surface area contributed by atoms with Gasteiger partial charge in [-0.1, -0.05) is 53.5 Å². The fourth-order valence-corrected chi connectivity index (χ4v) is 2.97. The zero-order valence-electron chi connectivity index (χ0n) is 12.7. The van der Waals surface area contributed by atoms with Crippen LogP contribution >= 0.6 is 23.2 Å². The van der Waals surface area contributed by atoms with Crippen molar-refractivity contribution in [2.24, 2.45) is 0 Å². The van der Waals surface area contributed by atoms with Crippen molar-refractivity contribution in [2.75, 3.05) is 7.11 Å². The van der Waals surface area contributed by atoms with Gasteiger partial charge in [0.15, 0.2) is 6.10 Å². The number of para-hydroxylation sites is 1. The lowest BCUT2D eigenvalue weighted by molar-refractivity contribution is -0.172. The van der Waals surface area contributed by atoms with Crippen molar-refractivity contribution < 1.29 is 19.4 Å². The second-order valence-corrected chi connectivity index (χ2v) is 6.16. The van der Waals surface area contributed by atoms with Crippen molar-refractivity contribution in [3.63, 3.8) is 0 Å². The van der Waals surface area contributed by atoms with E-state index in [4.69, 9.17) is 32.7 Å². The van der Waals surface area contributed by atoms with Crippen LogP contribution in [-0.2, 0) is 15.1 Å². The second-order valence-electron chi connectivity index (χ2n) is 5.32. The van der Waals surface area contributed by atoms with Crippen LogP contribution in [0.15, 0.2) is 48.5 Å². The summed E-state index contributed by atoms with van der Waals surface area (Å²) < 4.78 is 10.6. The number of fused-ring (bicyclic) bond motifs is 1. The standard InChI is InChI=1S/C18H14Cl2O4/c1-23-17(21)18(22,12-6-8-13(19)9-7-12)15-10-5-11-3-2-4-14(20)16(11)24-15/h2-10,15,22H,1H3. The minimum absolute atomic E-state index is 0.309. The average molecular weight is 365 g/mol. The largest absolute Gasteiger partial charge is 0.480 e. The van der Waals surface area contributed by atoms with E-state index in [1.54, 1.807) is 48.6 Å². The molecule has 2 aromatic carbocycles. The van der Waals surface area contributed by atoms with Crippen molar-refractivity contribution in [3.05, 3.63) is 69.7 Å². The maximum absolute atomic E-state index is 12.4. The molecule has 2 unspecified atom stereocenters. The van der Waals surface area contributed by atoms with Crippen molar-refractivity contribution in [1.82, 2.24) is 0 Å². The van der Waals surface area contributed by atoms with Gasteiger partial charge < -0.3 is 14.6 Å². The van der Waals surface area contributed by atoms with Crippen molar-refractivity contribution >= 4 is 35.2 Å². The Labute approximate surface area is 149 Å². The predicted octanol–water partition coefficient (Wildman–Crippen LogP) is 3.83. The summed E-state index contributed by atoms with van der Waals surface area (Å²) in [6.45, 7) is 0. The maximum Gasteiger partial charge on any atom is 0.346 e. The molecular formula is C18H14Cl2O4. The Balaban J connectivity index is 2.07. The first-order valence-electron chi connectivity index (χ1n) is 7.17. The molecule has 6 heteroatoms. The van der Waals surface area contributed by atoms with Gasteiger partial charge in [-0.05, 0) is 29.8 Å². The maximum atomic E-state index is 12.4. The lowest BCUT2D eigenvalue weighted by Gasteiger charge is -2.34. The molecule has 0 saturated heterocycles. The molecule has 24 heavy (non-hydrogen) atoms. The number of aliphatic hydroxyl groups is 1. The molecule has 0 aliphatic carbocycles. The van der Waals surface area contributed by atoms with E-state index in [9.17, 15) is 9.90 Å². The van der Waals surface area contributed by atoms with Crippen LogP contribution in [0.1, 0.15) is 11.1 Å². The molecule has 0 radical (unpaired) electrons. The highest BCUT2D eigenvalue weighted by Gasteiger charge is 2.48. The molecule has 124 valence electrons. The van der Waals surface area contributed by atoms with Crippen LogP contribution in [0.25, 0.3) is 6.08 Å². The predicted molar refractivity (Wildman–Crippen MR) is 92.3 cm³/mol. The number of benzene rings is 2. The monoisotopic (exact) mass is 364 g/mol. The SMILES string of the molecule is COC(=O)C(O)(c1ccc(Cl)cc1)C1C=Cc2cccc(Cl)c2O1. The Hall–Kier alpha value is -2.01. The number of carbonyl (C=O) groups excluding carboxylic acids is 1. The minimum atomic E-state index is -2.04. The number of rotatable bonds is 3. The van der Waals surface area contributed by atoms with Crippen LogP contribution in [0.3, 0.4) is 0 Å². The van der Waals surface area contributed by atoms with Crippen LogP contribution < -0.4 is 4.74 Å². The zero-order valence-corrected chi connectivity index (χ0v) is 14.2. The summed E-state index contributed by atoms with van der Waals surface area (Å²) in [6, 6.07) is 11.6. The quantitative estimate of drug-likeness (QED) is 0.840. The third-order valence-electron chi connectivity index (χ3n) is 3.89. The van der Waals surface area contributed by atoms with Gasteiger partial charge in [0, 0.05) is 10.6 Å². The Morgan fingerprint density at radius 3 is 2.58 bits per heavy atom. The lowest BCUT2D eigenvalue weighted by Crippen LogP contribution is -2.50. The van der Waals surface area contributed by atoms with E-state index in [-0.39, 0.29) is 0 Å². The highest BCUT2D eigenvalue weighted by molar-refractivity contribution is 6.32. The van der Waals surface area contributed by atoms with Gasteiger partial charge in [-0.15, -0.1) is 0 Å². The summed E-state index contributed by atoms with van der Waals surface area (Å²) in [5.41, 5.74) is -0.960. The van der Waals surface area contributed by atoms with Crippen LogP contribution in [0.4, 0.5) is 0 Å². The first kappa shape index (κ1) is 16.8. The number of halogens is 2. The van der Waals surface area contributed by atoms with E-state index in [0.717, 1.165) is 5.56 Å². The Morgan fingerprint density at radius 2 is 1.92 bits per heavy atom. The van der Waals surface area contributed by atoms with Gasteiger partial charge in [0.05, 0.1) is 12.1 Å². The van der Waals surface area contributed by atoms with E-state index >= 15 is 0 Å². The number of ether oxygens (including phenoxy) is 2. The van der Waals surface area contributed by atoms with Crippen LogP contribution in [-0.4, -0.2) is 24.3 Å². The fourth-order valence-electron chi connectivity index (χ4n) is 2.62. The molecule has 0 aromatic heterocycles. The summed E-state index contributed by atoms with van der Waals surface area (Å²) in [6.07, 6.45) is 2.35. The number of esters is 1. The zero-order chi connectivity index (χ0) is 17.3. The Kier molecular flexibility index (Phi) is 4.54. The van der Waals surface area contributed by atoms with Crippen LogP contribution in [0, 0.1) is 0 Å². The topological polar surface area (TPSA) is 55.8 Å². The molecule has 0 spiro atoms. The molecule has 1 N–H and O–H groups in total. The lowest BCUT2D eigenvalue weighted by atomic mass is 9.86. The normalized spacial score (nSPS) is 18.2. The van der Waals surface area contributed by atoms with Gasteiger partial charge in [0.2, 0.25) is 5.60 Å². The molecule has 0 saturated carbocycles. The van der Waals surface area contributed by atoms with E-state index in [0.29, 0.717) is 21.4 Å². The Bertz CT molecular complexity index is 801. The first-order valence-corrected chi connectivity index (χ1v) is 7.92. The molecule has 2 atom stereocenters. The van der Waals surface area contributed by atoms with Crippen LogP contribution in [0.5, 0.6) is 5.75 Å². The van der Waals surface area contributed by atoms with Gasteiger partial charge in [0.1, 0.15) is 5.75 Å². The molecule has 0 amide bonds. The van der Waals surface area contributed by atoms with E-state index < -0.39 is 17.7 Å². The van der Waals surface area contributed by atoms with Crippen molar-refractivity contribution in [2.45, 2.75) is 11.7 Å². The molecule has 4 nitrogen and oxygen atoms in total. The Morgan fingerprint density at radius 1 is 1.21 bits per heavy atom. The average Bonchev–Trinajstić information content (AvgIpc) is 2.61. The second kappa shape index (κ2) is 6.48. The van der Waals surface area contributed by atoms with E-state index in [2.05, 4.69) is 0 Å². The molecule has 1 aliphatic heterocycles. The molecule has 0 bridgehead atoms. The summed E-state index contributed by atoms with van der Waals surface area (Å²) in [7, 11) is 1.21. The molecule has 2 aromatic rings. The van der Waals surface area contributed by atoms with Gasteiger partial charge in [0.25, 0.3) is 0 Å². The first-order chi connectivity index (χ1) is 11.5. The molecule has 0 fully saturated rings.